The highest BCUT2D eigenvalue weighted by molar-refractivity contribution is 7.19. The van der Waals surface area contributed by atoms with Gasteiger partial charge in [-0.3, -0.25) is 9.69 Å². The molecule has 0 aliphatic carbocycles. The molecule has 1 amide bonds. The van der Waals surface area contributed by atoms with Gasteiger partial charge in [0.25, 0.3) is 0 Å². The number of fused-ring (bicyclic) bond motifs is 3. The van der Waals surface area contributed by atoms with Gasteiger partial charge < -0.3 is 20.2 Å². The molecule has 2 aliphatic rings. The molecule has 8 nitrogen and oxygen atoms in total. The van der Waals surface area contributed by atoms with Gasteiger partial charge in [-0.2, -0.15) is 0 Å². The number of nitrogens with zero attached hydrogens (tertiary/aromatic N) is 5. The number of anilines is 1. The lowest BCUT2D eigenvalue weighted by Gasteiger charge is -2.31. The fourth-order valence-corrected chi connectivity index (χ4v) is 5.95. The number of rotatable bonds is 7. The highest BCUT2D eigenvalue weighted by Crippen LogP contribution is 2.38. The Labute approximate surface area is 209 Å². The maximum absolute atomic E-state index is 12.9. The summed E-state index contributed by atoms with van der Waals surface area (Å²) < 4.78 is 0. The van der Waals surface area contributed by atoms with Gasteiger partial charge in [-0.1, -0.05) is 36.4 Å². The molecular weight excluding hydrogens is 460 g/mol. The van der Waals surface area contributed by atoms with Gasteiger partial charge in [0, 0.05) is 50.2 Å². The molecule has 0 spiro atoms. The normalized spacial score (nSPS) is 18.2. The van der Waals surface area contributed by atoms with E-state index in [9.17, 15) is 9.90 Å². The van der Waals surface area contributed by atoms with Gasteiger partial charge in [-0.25, -0.2) is 9.97 Å². The van der Waals surface area contributed by atoms with Crippen LogP contribution in [0.15, 0.2) is 48.8 Å². The van der Waals surface area contributed by atoms with Crippen LogP contribution < -0.4 is 5.32 Å². The van der Waals surface area contributed by atoms with Crippen molar-refractivity contribution in [2.24, 2.45) is 0 Å². The summed E-state index contributed by atoms with van der Waals surface area (Å²) in [5.74, 6) is 0.804. The molecule has 2 aromatic heterocycles. The van der Waals surface area contributed by atoms with Gasteiger partial charge in [0.2, 0.25) is 5.91 Å². The van der Waals surface area contributed by atoms with E-state index in [0.717, 1.165) is 65.6 Å². The van der Waals surface area contributed by atoms with Gasteiger partial charge in [-0.05, 0) is 24.6 Å². The summed E-state index contributed by atoms with van der Waals surface area (Å²) in [5, 5.41) is 14.4. The number of aliphatic hydroxyl groups excluding tert-OH is 1. The second-order valence-corrected chi connectivity index (χ2v) is 10.3. The monoisotopic (exact) mass is 492 g/mol. The summed E-state index contributed by atoms with van der Waals surface area (Å²) in [5.41, 5.74) is 2.22. The van der Waals surface area contributed by atoms with Crippen molar-refractivity contribution in [2.75, 3.05) is 58.2 Å². The molecule has 184 valence electrons. The molecule has 5 rings (SSSR count). The standard InChI is InChI=1S/C26H32N6O2S/c1-30-12-14-31(15-13-30)10-5-8-23(34)32-11-9-20-22(16-32)35-26-24(20)25(27-18-28-26)29-21(17-33)19-6-3-2-4-7-19/h2-8,18,21,33H,9-17H2,1H3,(H,27,28,29). The second kappa shape index (κ2) is 10.8. The van der Waals surface area contributed by atoms with Crippen LogP contribution in [0.5, 0.6) is 0 Å². The van der Waals surface area contributed by atoms with Crippen molar-refractivity contribution in [1.29, 1.82) is 0 Å². The van der Waals surface area contributed by atoms with E-state index in [1.807, 2.05) is 41.3 Å². The molecule has 9 heteroatoms. The number of piperazine rings is 1. The molecule has 2 aliphatic heterocycles. The molecule has 1 atom stereocenters. The number of aromatic nitrogens is 2. The smallest absolute Gasteiger partial charge is 0.246 e. The highest BCUT2D eigenvalue weighted by Gasteiger charge is 2.26. The van der Waals surface area contributed by atoms with Gasteiger partial charge in [0.05, 0.1) is 24.6 Å². The van der Waals surface area contributed by atoms with Crippen LogP contribution in [-0.4, -0.2) is 88.6 Å². The first-order chi connectivity index (χ1) is 17.1. The largest absolute Gasteiger partial charge is 0.394 e. The van der Waals surface area contributed by atoms with E-state index < -0.39 is 0 Å². The number of benzene rings is 1. The van der Waals surface area contributed by atoms with Gasteiger partial charge in [-0.15, -0.1) is 11.3 Å². The Hall–Kier alpha value is -2.85. The molecule has 2 N–H and O–H groups in total. The Kier molecular flexibility index (Phi) is 7.38. The van der Waals surface area contributed by atoms with Crippen LogP contribution in [0.4, 0.5) is 5.82 Å². The highest BCUT2D eigenvalue weighted by atomic mass is 32.1. The number of thiophene rings is 1. The third kappa shape index (κ3) is 5.38. The number of hydrogen-bond donors (Lipinski definition) is 2. The predicted molar refractivity (Wildman–Crippen MR) is 140 cm³/mol. The van der Waals surface area contributed by atoms with Crippen molar-refractivity contribution >= 4 is 33.3 Å². The van der Waals surface area contributed by atoms with Gasteiger partial charge in [0.1, 0.15) is 17.0 Å². The van der Waals surface area contributed by atoms with Crippen molar-refractivity contribution < 1.29 is 9.90 Å². The first kappa shape index (κ1) is 23.9. The minimum absolute atomic E-state index is 0.0371. The number of hydrogen-bond acceptors (Lipinski definition) is 8. The van der Waals surface area contributed by atoms with E-state index in [1.54, 1.807) is 23.7 Å². The van der Waals surface area contributed by atoms with Crippen molar-refractivity contribution in [3.8, 4) is 0 Å². The van der Waals surface area contributed by atoms with E-state index in [0.29, 0.717) is 13.1 Å². The SMILES string of the molecule is CN1CCN(CC=CC(=O)N2CCc3c(sc4ncnc(NC(CO)c5ccccc5)c34)C2)CC1. The lowest BCUT2D eigenvalue weighted by molar-refractivity contribution is -0.126. The van der Waals surface area contributed by atoms with E-state index in [2.05, 4.69) is 32.1 Å². The zero-order chi connectivity index (χ0) is 24.2. The Morgan fingerprint density at radius 2 is 1.97 bits per heavy atom. The van der Waals surface area contributed by atoms with Crippen LogP contribution in [-0.2, 0) is 17.8 Å². The van der Waals surface area contributed by atoms with Crippen LogP contribution in [0.1, 0.15) is 22.0 Å². The van der Waals surface area contributed by atoms with Crippen molar-refractivity contribution in [1.82, 2.24) is 24.7 Å². The molecule has 0 saturated carbocycles. The summed E-state index contributed by atoms with van der Waals surface area (Å²) in [7, 11) is 2.15. The topological polar surface area (TPSA) is 84.8 Å². The number of carbonyl (C=O) groups is 1. The van der Waals surface area contributed by atoms with E-state index in [4.69, 9.17) is 0 Å². The van der Waals surface area contributed by atoms with Crippen LogP contribution in [0.2, 0.25) is 0 Å². The van der Waals surface area contributed by atoms with Crippen molar-refractivity contribution in [3.05, 3.63) is 64.8 Å². The molecule has 35 heavy (non-hydrogen) atoms. The fraction of sp³-hybridized carbons (Fsp3) is 0.423. The summed E-state index contributed by atoms with van der Waals surface area (Å²) in [6.07, 6.45) is 6.07. The first-order valence-corrected chi connectivity index (χ1v) is 13.0. The third-order valence-electron chi connectivity index (χ3n) is 6.86. The Morgan fingerprint density at radius 1 is 1.17 bits per heavy atom. The van der Waals surface area contributed by atoms with E-state index in [1.165, 1.54) is 5.56 Å². The zero-order valence-electron chi connectivity index (χ0n) is 20.1. The average Bonchev–Trinajstić information content (AvgIpc) is 3.27. The molecule has 1 aromatic carbocycles. The molecule has 3 aromatic rings. The predicted octanol–water partition coefficient (Wildman–Crippen LogP) is 2.53. The molecule has 1 saturated heterocycles. The van der Waals surface area contributed by atoms with Crippen LogP contribution in [0.3, 0.4) is 0 Å². The summed E-state index contributed by atoms with van der Waals surface area (Å²) in [6.45, 7) is 6.29. The Balaban J connectivity index is 1.28. The zero-order valence-corrected chi connectivity index (χ0v) is 20.9. The van der Waals surface area contributed by atoms with E-state index >= 15 is 0 Å². The Bertz CT molecular complexity index is 1190. The molecule has 1 fully saturated rings. The molecule has 0 bridgehead atoms. The maximum atomic E-state index is 12.9. The van der Waals surface area contributed by atoms with Gasteiger partial charge >= 0.3 is 0 Å². The minimum Gasteiger partial charge on any atom is -0.394 e. The fourth-order valence-electron chi connectivity index (χ4n) is 4.75. The number of amides is 1. The minimum atomic E-state index is -0.253. The third-order valence-corrected chi connectivity index (χ3v) is 7.99. The number of aliphatic hydroxyl groups is 1. The van der Waals surface area contributed by atoms with Crippen LogP contribution in [0.25, 0.3) is 10.2 Å². The number of nitrogens with one attached hydrogen (secondary N) is 1. The first-order valence-electron chi connectivity index (χ1n) is 12.2. The second-order valence-electron chi connectivity index (χ2n) is 9.21. The van der Waals surface area contributed by atoms with Crippen LogP contribution >= 0.6 is 11.3 Å². The molecule has 0 radical (unpaired) electrons. The lowest BCUT2D eigenvalue weighted by Crippen LogP contribution is -2.44. The lowest BCUT2D eigenvalue weighted by atomic mass is 10.0. The summed E-state index contributed by atoms with van der Waals surface area (Å²) in [4.78, 5) is 30.6. The Morgan fingerprint density at radius 3 is 2.74 bits per heavy atom. The van der Waals surface area contributed by atoms with Crippen molar-refractivity contribution in [3.63, 3.8) is 0 Å². The molecule has 4 heterocycles. The molecular formula is C26H32N6O2S. The quantitative estimate of drug-likeness (QED) is 0.490. The number of carbonyl (C=O) groups excluding carboxylic acids is 1. The summed E-state index contributed by atoms with van der Waals surface area (Å²) >= 11 is 1.63. The average molecular weight is 493 g/mol. The summed E-state index contributed by atoms with van der Waals surface area (Å²) in [6, 6.07) is 9.63. The maximum Gasteiger partial charge on any atom is 0.246 e. The van der Waals surface area contributed by atoms with E-state index in [-0.39, 0.29) is 18.6 Å². The van der Waals surface area contributed by atoms with Crippen LogP contribution in [0, 0.1) is 0 Å². The van der Waals surface area contributed by atoms with Crippen molar-refractivity contribution in [2.45, 2.75) is 19.0 Å². The molecule has 1 unspecified atom stereocenters. The number of likely N-dealkylation sites (N-methyl/N-ethyl adjacent to an activating group) is 1. The van der Waals surface area contributed by atoms with Gasteiger partial charge in [0.15, 0.2) is 0 Å².